The largest absolute Gasteiger partial charge is 0.321 e. The van der Waals surface area contributed by atoms with Crippen LogP contribution in [0.3, 0.4) is 0 Å². The van der Waals surface area contributed by atoms with E-state index in [9.17, 15) is 9.59 Å². The van der Waals surface area contributed by atoms with Crippen molar-refractivity contribution in [2.24, 2.45) is 16.6 Å². The minimum Gasteiger partial charge on any atom is -0.321 e. The summed E-state index contributed by atoms with van der Waals surface area (Å²) >= 11 is 6.03. The zero-order valence-electron chi connectivity index (χ0n) is 11.3. The monoisotopic (exact) mass is 293 g/mol. The molecule has 3 N–H and O–H groups in total. The second kappa shape index (κ2) is 5.73. The number of nitrogens with two attached hydrogens (primary N) is 1. The molecule has 2 atom stereocenters. The molecular formula is C14H16ClN3O2. The Morgan fingerprint density at radius 2 is 1.95 bits per heavy atom. The lowest BCUT2D eigenvalue weighted by Gasteiger charge is -2.25. The van der Waals surface area contributed by atoms with Gasteiger partial charge in [0.05, 0.1) is 6.04 Å². The van der Waals surface area contributed by atoms with Crippen LogP contribution >= 0.6 is 11.6 Å². The van der Waals surface area contributed by atoms with Crippen molar-refractivity contribution in [2.75, 3.05) is 0 Å². The van der Waals surface area contributed by atoms with Crippen molar-refractivity contribution in [3.63, 3.8) is 0 Å². The number of nitrogens with zero attached hydrogens (tertiary/aromatic N) is 1. The van der Waals surface area contributed by atoms with E-state index < -0.39 is 23.8 Å². The van der Waals surface area contributed by atoms with E-state index in [4.69, 9.17) is 17.3 Å². The standard InChI is InChI=1S/C14H16ClN3O2/c1-7(2)11(16)12-17-13(19)10(14(20)18-12)8-5-3-4-6-9(8)15/h3-7,10-11H,16H2,1-2H3,(H,17,18,19,20). The van der Waals surface area contributed by atoms with Crippen molar-refractivity contribution in [1.82, 2.24) is 5.32 Å². The number of benzene rings is 1. The zero-order valence-corrected chi connectivity index (χ0v) is 12.0. The van der Waals surface area contributed by atoms with Gasteiger partial charge < -0.3 is 11.1 Å². The number of amidine groups is 1. The quantitative estimate of drug-likeness (QED) is 0.828. The van der Waals surface area contributed by atoms with Gasteiger partial charge in [-0.25, -0.2) is 0 Å². The van der Waals surface area contributed by atoms with Gasteiger partial charge >= 0.3 is 0 Å². The maximum absolute atomic E-state index is 12.2. The van der Waals surface area contributed by atoms with Crippen LogP contribution in [0.4, 0.5) is 0 Å². The van der Waals surface area contributed by atoms with Gasteiger partial charge in [-0.3, -0.25) is 9.59 Å². The molecule has 6 heteroatoms. The minimum atomic E-state index is -1.01. The van der Waals surface area contributed by atoms with Crippen molar-refractivity contribution >= 4 is 29.3 Å². The fraction of sp³-hybridized carbons (Fsp3) is 0.357. The molecule has 0 fully saturated rings. The van der Waals surface area contributed by atoms with E-state index in [0.29, 0.717) is 10.6 Å². The second-order valence-electron chi connectivity index (χ2n) is 5.05. The van der Waals surface area contributed by atoms with Gasteiger partial charge in [-0.2, -0.15) is 4.99 Å². The van der Waals surface area contributed by atoms with Crippen molar-refractivity contribution < 1.29 is 9.59 Å². The lowest BCUT2D eigenvalue weighted by atomic mass is 9.94. The Morgan fingerprint density at radius 1 is 1.30 bits per heavy atom. The molecular weight excluding hydrogens is 278 g/mol. The first kappa shape index (κ1) is 14.7. The third-order valence-electron chi connectivity index (χ3n) is 3.24. The Labute approximate surface area is 122 Å². The summed E-state index contributed by atoms with van der Waals surface area (Å²) in [6, 6.07) is 6.26. The predicted molar refractivity (Wildman–Crippen MR) is 77.6 cm³/mol. The van der Waals surface area contributed by atoms with Crippen LogP contribution in [0.25, 0.3) is 0 Å². The lowest BCUT2D eigenvalue weighted by molar-refractivity contribution is -0.129. The summed E-state index contributed by atoms with van der Waals surface area (Å²) in [7, 11) is 0. The summed E-state index contributed by atoms with van der Waals surface area (Å²) in [6.45, 7) is 3.79. The normalized spacial score (nSPS) is 20.6. The lowest BCUT2D eigenvalue weighted by Crippen LogP contribution is -2.52. The molecule has 0 aliphatic carbocycles. The molecule has 0 saturated carbocycles. The summed E-state index contributed by atoms with van der Waals surface area (Å²) in [5.74, 6) is -1.69. The number of carbonyl (C=O) groups is 2. The number of hydrogen-bond donors (Lipinski definition) is 2. The highest BCUT2D eigenvalue weighted by atomic mass is 35.5. The molecule has 106 valence electrons. The summed E-state index contributed by atoms with van der Waals surface area (Å²) < 4.78 is 0. The smallest absolute Gasteiger partial charge is 0.264 e. The Bertz CT molecular complexity index is 584. The Kier molecular flexibility index (Phi) is 4.20. The summed E-state index contributed by atoms with van der Waals surface area (Å²) in [4.78, 5) is 28.2. The molecule has 1 aromatic carbocycles. The van der Waals surface area contributed by atoms with Crippen LogP contribution in [0.5, 0.6) is 0 Å². The molecule has 2 unspecified atom stereocenters. The first-order chi connectivity index (χ1) is 9.41. The molecule has 0 bridgehead atoms. The number of hydrogen-bond acceptors (Lipinski definition) is 3. The number of amides is 2. The van der Waals surface area contributed by atoms with E-state index in [1.54, 1.807) is 24.3 Å². The topological polar surface area (TPSA) is 84.5 Å². The average molecular weight is 294 g/mol. The molecule has 1 aliphatic rings. The predicted octanol–water partition coefficient (Wildman–Crippen LogP) is 1.46. The highest BCUT2D eigenvalue weighted by Gasteiger charge is 2.36. The fourth-order valence-electron chi connectivity index (χ4n) is 1.98. The van der Waals surface area contributed by atoms with Crippen LogP contribution in [0.2, 0.25) is 5.02 Å². The molecule has 2 rings (SSSR count). The molecule has 1 aromatic rings. The maximum Gasteiger partial charge on any atom is 0.264 e. The van der Waals surface area contributed by atoms with Gasteiger partial charge in [-0.15, -0.1) is 0 Å². The van der Waals surface area contributed by atoms with Crippen LogP contribution in [0, 0.1) is 5.92 Å². The van der Waals surface area contributed by atoms with Crippen molar-refractivity contribution in [2.45, 2.75) is 25.8 Å². The van der Waals surface area contributed by atoms with Crippen LogP contribution in [0.1, 0.15) is 25.3 Å². The summed E-state index contributed by atoms with van der Waals surface area (Å²) in [5, 5.41) is 2.98. The van der Waals surface area contributed by atoms with Crippen LogP contribution in [-0.2, 0) is 9.59 Å². The van der Waals surface area contributed by atoms with Crippen LogP contribution < -0.4 is 11.1 Å². The fourth-order valence-corrected chi connectivity index (χ4v) is 2.22. The van der Waals surface area contributed by atoms with E-state index in [2.05, 4.69) is 10.3 Å². The van der Waals surface area contributed by atoms with E-state index in [1.165, 1.54) is 0 Å². The van der Waals surface area contributed by atoms with Gasteiger partial charge in [-0.05, 0) is 17.5 Å². The molecule has 0 radical (unpaired) electrons. The SMILES string of the molecule is CC(C)C(N)C1=NC(=O)C(c2ccccc2Cl)C(=O)N1. The third-order valence-corrected chi connectivity index (χ3v) is 3.59. The van der Waals surface area contributed by atoms with Crippen molar-refractivity contribution in [3.05, 3.63) is 34.9 Å². The molecule has 2 amide bonds. The highest BCUT2D eigenvalue weighted by molar-refractivity contribution is 6.32. The number of halogens is 1. The van der Waals surface area contributed by atoms with Crippen LogP contribution in [-0.4, -0.2) is 23.7 Å². The zero-order chi connectivity index (χ0) is 14.9. The first-order valence-corrected chi connectivity index (χ1v) is 6.73. The first-order valence-electron chi connectivity index (χ1n) is 6.35. The maximum atomic E-state index is 12.2. The molecule has 0 saturated heterocycles. The Hall–Kier alpha value is -1.72. The van der Waals surface area contributed by atoms with Gasteiger partial charge in [0, 0.05) is 5.02 Å². The third kappa shape index (κ3) is 2.73. The van der Waals surface area contributed by atoms with Gasteiger partial charge in [-0.1, -0.05) is 43.6 Å². The van der Waals surface area contributed by atoms with Gasteiger partial charge in [0.25, 0.3) is 5.91 Å². The van der Waals surface area contributed by atoms with Crippen molar-refractivity contribution in [1.29, 1.82) is 0 Å². The van der Waals surface area contributed by atoms with E-state index >= 15 is 0 Å². The van der Waals surface area contributed by atoms with E-state index in [-0.39, 0.29) is 11.8 Å². The number of aliphatic imine (C=N–C) groups is 1. The van der Waals surface area contributed by atoms with Crippen LogP contribution in [0.15, 0.2) is 29.3 Å². The average Bonchev–Trinajstić information content (AvgIpc) is 2.39. The number of nitrogens with one attached hydrogen (secondary N) is 1. The Balaban J connectivity index is 2.35. The van der Waals surface area contributed by atoms with Gasteiger partial charge in [0.15, 0.2) is 0 Å². The van der Waals surface area contributed by atoms with Gasteiger partial charge in [0.2, 0.25) is 5.91 Å². The van der Waals surface area contributed by atoms with E-state index in [1.807, 2.05) is 13.8 Å². The number of rotatable bonds is 3. The minimum absolute atomic E-state index is 0.0683. The van der Waals surface area contributed by atoms with Gasteiger partial charge in [0.1, 0.15) is 11.8 Å². The second-order valence-corrected chi connectivity index (χ2v) is 5.46. The molecule has 20 heavy (non-hydrogen) atoms. The highest BCUT2D eigenvalue weighted by Crippen LogP contribution is 2.27. The molecule has 0 spiro atoms. The van der Waals surface area contributed by atoms with Crippen molar-refractivity contribution in [3.8, 4) is 0 Å². The summed E-state index contributed by atoms with van der Waals surface area (Å²) in [5.41, 5.74) is 6.36. The number of carbonyl (C=O) groups excluding carboxylic acids is 2. The molecule has 1 heterocycles. The molecule has 1 aliphatic heterocycles. The summed E-state index contributed by atoms with van der Waals surface area (Å²) in [6.07, 6.45) is 0. The molecule has 0 aromatic heterocycles. The van der Waals surface area contributed by atoms with E-state index in [0.717, 1.165) is 0 Å². The molecule has 5 nitrogen and oxygen atoms in total. The Morgan fingerprint density at radius 3 is 2.50 bits per heavy atom.